The van der Waals surface area contributed by atoms with Crippen molar-refractivity contribution >= 4 is 28.6 Å². The fourth-order valence-electron chi connectivity index (χ4n) is 7.50. The van der Waals surface area contributed by atoms with Gasteiger partial charge >= 0.3 is 11.9 Å². The van der Waals surface area contributed by atoms with Crippen LogP contribution in [0.1, 0.15) is 247 Å². The highest BCUT2D eigenvalue weighted by Crippen LogP contribution is 2.19. The van der Waals surface area contributed by atoms with E-state index in [2.05, 4.69) is 31.0 Å². The van der Waals surface area contributed by atoms with Gasteiger partial charge in [0, 0.05) is 36.4 Å². The molecule has 0 saturated carbocycles. The average Bonchev–Trinajstić information content (AvgIpc) is 3.18. The maximum Gasteiger partial charge on any atom is 0.306 e. The van der Waals surface area contributed by atoms with Crippen molar-refractivity contribution in [3.05, 3.63) is 0 Å². The summed E-state index contributed by atoms with van der Waals surface area (Å²) in [6, 6.07) is 0. The topological polar surface area (TPSA) is 102 Å². The van der Waals surface area contributed by atoms with E-state index in [-0.39, 0.29) is 37.1 Å². The molecule has 0 aromatic rings. The van der Waals surface area contributed by atoms with E-state index >= 15 is 0 Å². The maximum absolute atomic E-state index is 12.8. The number of unbranched alkanes of at least 4 members (excludes halogenated alkanes) is 24. The van der Waals surface area contributed by atoms with Gasteiger partial charge in [0.05, 0.1) is 6.61 Å². The Morgan fingerprint density at radius 1 is 0.517 bits per heavy atom. The van der Waals surface area contributed by atoms with Gasteiger partial charge in [0.1, 0.15) is 11.9 Å². The minimum absolute atomic E-state index is 0. The molecule has 1 amide bonds. The second kappa shape index (κ2) is 46.6. The number of ether oxygens (including phenoxy) is 2. The Labute approximate surface area is 363 Å². The minimum atomic E-state index is -1.12. The van der Waals surface area contributed by atoms with E-state index in [0.29, 0.717) is 26.0 Å². The van der Waals surface area contributed by atoms with Crippen molar-refractivity contribution < 1.29 is 28.1 Å². The van der Waals surface area contributed by atoms with Gasteiger partial charge in [-0.2, -0.15) is 0 Å². The molecule has 0 bridgehead atoms. The quantitative estimate of drug-likeness (QED) is 0.0481. The fourth-order valence-corrected chi connectivity index (χ4v) is 7.97. The molecule has 0 aliphatic heterocycles. The predicted octanol–water partition coefficient (Wildman–Crippen LogP) is 13.2. The smallest absolute Gasteiger partial charge is 0.306 e. The lowest BCUT2D eigenvalue weighted by Crippen LogP contribution is -2.33. The van der Waals surface area contributed by atoms with Crippen LogP contribution in [0.5, 0.6) is 0 Å². The highest BCUT2D eigenvalue weighted by Gasteiger charge is 2.15. The molecule has 1 unspecified atom stereocenters. The Hall–Kier alpha value is -1.48. The number of carbonyl (C=O) groups is 3. The first kappa shape index (κ1) is 58.6. The standard InChI is InChI=1S/C48H94N2O6S.CH4/c1-5-8-11-14-17-26-33-43-55-47(52)37-29-22-18-24-31-40-50(42-34-39-49-46(51)44-57(4)54)41-32-25-19-23-30-38-48(53)56-45(35-27-20-15-12-9-6-2)36-28-21-16-13-10-7-3;/h45H,5-44H2,1-4H3,(H,49,51);1H4. The number of amides is 1. The SMILES string of the molecule is C.CCCCCCCCCOC(=O)CCCCCCCN(CCCCCCCC(=O)OC(CCCCCCCC)CCCCCCCC)CCCNC(=O)CS(C)=O. The summed E-state index contributed by atoms with van der Waals surface area (Å²) >= 11 is 0. The maximum atomic E-state index is 12.8. The molecule has 0 heterocycles. The van der Waals surface area contributed by atoms with Gasteiger partial charge in [0.2, 0.25) is 5.91 Å². The van der Waals surface area contributed by atoms with Crippen LogP contribution < -0.4 is 5.32 Å². The molecular weight excluding hydrogens is 745 g/mol. The first-order chi connectivity index (χ1) is 27.8. The third-order valence-corrected chi connectivity index (χ3v) is 11.8. The summed E-state index contributed by atoms with van der Waals surface area (Å²) in [5.74, 6) is -0.119. The Morgan fingerprint density at radius 2 is 0.914 bits per heavy atom. The van der Waals surface area contributed by atoms with E-state index in [4.69, 9.17) is 9.47 Å². The zero-order chi connectivity index (χ0) is 41.9. The van der Waals surface area contributed by atoms with Crippen molar-refractivity contribution in [2.24, 2.45) is 0 Å². The van der Waals surface area contributed by atoms with Crippen molar-refractivity contribution in [3.8, 4) is 0 Å². The predicted molar refractivity (Wildman–Crippen MR) is 250 cm³/mol. The fraction of sp³-hybridized carbons (Fsp3) is 0.939. The summed E-state index contributed by atoms with van der Waals surface area (Å²) < 4.78 is 22.9. The van der Waals surface area contributed by atoms with Gasteiger partial charge in [-0.3, -0.25) is 18.6 Å². The molecule has 0 aliphatic rings. The van der Waals surface area contributed by atoms with Crippen LogP contribution in [-0.2, 0) is 34.7 Å². The lowest BCUT2D eigenvalue weighted by Gasteiger charge is -2.22. The van der Waals surface area contributed by atoms with E-state index in [1.54, 1.807) is 6.26 Å². The van der Waals surface area contributed by atoms with Gasteiger partial charge in [-0.1, -0.05) is 169 Å². The molecule has 0 spiro atoms. The van der Waals surface area contributed by atoms with E-state index in [1.807, 2.05) is 0 Å². The first-order valence-electron chi connectivity index (χ1n) is 24.5. The van der Waals surface area contributed by atoms with E-state index in [1.165, 1.54) is 109 Å². The van der Waals surface area contributed by atoms with Crippen LogP contribution >= 0.6 is 0 Å². The van der Waals surface area contributed by atoms with Gasteiger partial charge < -0.3 is 19.7 Å². The molecule has 0 aromatic heterocycles. The Bertz CT molecular complexity index is 919. The van der Waals surface area contributed by atoms with Crippen LogP contribution in [0.15, 0.2) is 0 Å². The molecule has 0 radical (unpaired) electrons. The molecule has 9 heteroatoms. The lowest BCUT2D eigenvalue weighted by atomic mass is 10.0. The highest BCUT2D eigenvalue weighted by molar-refractivity contribution is 7.85. The number of hydrogen-bond donors (Lipinski definition) is 1. The molecule has 0 aliphatic carbocycles. The van der Waals surface area contributed by atoms with E-state index in [9.17, 15) is 18.6 Å². The third-order valence-electron chi connectivity index (χ3n) is 11.1. The van der Waals surface area contributed by atoms with Crippen LogP contribution in [0, 0.1) is 0 Å². The van der Waals surface area contributed by atoms with Crippen LogP contribution in [0.25, 0.3) is 0 Å². The highest BCUT2D eigenvalue weighted by atomic mass is 32.2. The zero-order valence-corrected chi connectivity index (χ0v) is 39.0. The van der Waals surface area contributed by atoms with Crippen LogP contribution in [0.3, 0.4) is 0 Å². The second-order valence-electron chi connectivity index (χ2n) is 16.9. The zero-order valence-electron chi connectivity index (χ0n) is 38.2. The van der Waals surface area contributed by atoms with Crippen LogP contribution in [0.4, 0.5) is 0 Å². The number of hydrogen-bond acceptors (Lipinski definition) is 7. The van der Waals surface area contributed by atoms with Crippen molar-refractivity contribution in [2.75, 3.05) is 44.8 Å². The molecule has 1 atom stereocenters. The Balaban J connectivity index is 0. The molecular formula is C49H98N2O6S. The molecule has 0 aromatic carbocycles. The second-order valence-corrected chi connectivity index (χ2v) is 18.3. The van der Waals surface area contributed by atoms with Crippen molar-refractivity contribution in [1.29, 1.82) is 0 Å². The molecule has 58 heavy (non-hydrogen) atoms. The van der Waals surface area contributed by atoms with Gasteiger partial charge in [0.25, 0.3) is 0 Å². The van der Waals surface area contributed by atoms with Gasteiger partial charge in [-0.05, 0) is 83.8 Å². The van der Waals surface area contributed by atoms with Crippen molar-refractivity contribution in [1.82, 2.24) is 10.2 Å². The van der Waals surface area contributed by atoms with Crippen LogP contribution in [0.2, 0.25) is 0 Å². The molecule has 346 valence electrons. The molecule has 0 rings (SSSR count). The monoisotopic (exact) mass is 843 g/mol. The number of nitrogens with zero attached hydrogens (tertiary/aromatic N) is 1. The normalized spacial score (nSPS) is 11.8. The lowest BCUT2D eigenvalue weighted by molar-refractivity contribution is -0.150. The minimum Gasteiger partial charge on any atom is -0.466 e. The van der Waals surface area contributed by atoms with E-state index in [0.717, 1.165) is 116 Å². The van der Waals surface area contributed by atoms with Gasteiger partial charge in [0.15, 0.2) is 0 Å². The third kappa shape index (κ3) is 44.1. The Morgan fingerprint density at radius 3 is 1.40 bits per heavy atom. The first-order valence-corrected chi connectivity index (χ1v) is 26.2. The summed E-state index contributed by atoms with van der Waals surface area (Å²) in [6.07, 6.45) is 40.2. The summed E-state index contributed by atoms with van der Waals surface area (Å²) in [6.45, 7) is 10.9. The van der Waals surface area contributed by atoms with E-state index < -0.39 is 10.8 Å². The number of esters is 2. The molecule has 1 N–H and O–H groups in total. The van der Waals surface area contributed by atoms with Crippen LogP contribution in [-0.4, -0.2) is 77.9 Å². The largest absolute Gasteiger partial charge is 0.466 e. The molecule has 0 saturated heterocycles. The van der Waals surface area contributed by atoms with Gasteiger partial charge in [-0.25, -0.2) is 0 Å². The summed E-state index contributed by atoms with van der Waals surface area (Å²) in [5, 5.41) is 2.91. The summed E-state index contributed by atoms with van der Waals surface area (Å²) in [5.41, 5.74) is 0. The average molecular weight is 843 g/mol. The number of rotatable bonds is 45. The van der Waals surface area contributed by atoms with Crippen molar-refractivity contribution in [2.45, 2.75) is 253 Å². The number of carbonyl (C=O) groups excluding carboxylic acids is 3. The molecule has 0 fully saturated rings. The van der Waals surface area contributed by atoms with Crippen molar-refractivity contribution in [3.63, 3.8) is 0 Å². The number of nitrogens with one attached hydrogen (secondary N) is 1. The summed E-state index contributed by atoms with van der Waals surface area (Å²) in [4.78, 5) is 39.4. The Kier molecular flexibility index (Phi) is 47.1. The van der Waals surface area contributed by atoms with Gasteiger partial charge in [-0.15, -0.1) is 0 Å². The summed E-state index contributed by atoms with van der Waals surface area (Å²) in [7, 11) is -1.12. The molecule has 8 nitrogen and oxygen atoms in total.